The molecule has 0 aliphatic heterocycles. The van der Waals surface area contributed by atoms with E-state index in [1.807, 2.05) is 0 Å². The van der Waals surface area contributed by atoms with E-state index in [0.29, 0.717) is 0 Å². The average molecular weight is 333 g/mol. The van der Waals surface area contributed by atoms with E-state index in [4.69, 9.17) is 23.2 Å². The number of nitrogens with zero attached hydrogens (tertiary/aromatic N) is 2. The first kappa shape index (κ1) is 15.3. The Balaban J connectivity index is 2.59. The summed E-state index contributed by atoms with van der Waals surface area (Å²) in [4.78, 5) is 3.83. The highest BCUT2D eigenvalue weighted by atomic mass is 35.5. The maximum absolute atomic E-state index is 13.3. The fraction of sp³-hybridized carbons (Fsp3) is 0.364. The highest BCUT2D eigenvalue weighted by Gasteiger charge is 2.42. The molecule has 2 nitrogen and oxygen atoms in total. The Morgan fingerprint density at radius 2 is 1.95 bits per heavy atom. The summed E-state index contributed by atoms with van der Waals surface area (Å²) in [6, 6.07) is 1.99. The molecule has 0 aliphatic carbocycles. The predicted molar refractivity (Wildman–Crippen MR) is 65.2 cm³/mol. The largest absolute Gasteiger partial charge is 0.324 e. The van der Waals surface area contributed by atoms with Gasteiger partial charge in [-0.2, -0.15) is 8.78 Å². The van der Waals surface area contributed by atoms with E-state index in [1.165, 1.54) is 0 Å². The van der Waals surface area contributed by atoms with Gasteiger partial charge in [0.25, 0.3) is 0 Å². The van der Waals surface area contributed by atoms with Crippen LogP contribution in [0, 0.1) is 5.82 Å². The van der Waals surface area contributed by atoms with Gasteiger partial charge in [0.1, 0.15) is 11.6 Å². The third-order valence-corrected chi connectivity index (χ3v) is 3.21. The van der Waals surface area contributed by atoms with Gasteiger partial charge in [0.05, 0.1) is 28.5 Å². The molecule has 0 saturated carbocycles. The molecule has 9 heteroatoms. The van der Waals surface area contributed by atoms with Crippen molar-refractivity contribution in [1.29, 1.82) is 0 Å². The standard InChI is InChI=1S/C11H7Cl2F5N2/c12-3-9-19-7-2-6(14)5(13)1-8(7)20(9)4-11(17,18)10(15)16/h1-2,10H,3-4H2. The van der Waals surface area contributed by atoms with Crippen molar-refractivity contribution in [2.45, 2.75) is 24.8 Å². The van der Waals surface area contributed by atoms with E-state index in [1.54, 1.807) is 0 Å². The normalized spacial score (nSPS) is 12.6. The van der Waals surface area contributed by atoms with Crippen LogP contribution in [0.5, 0.6) is 0 Å². The van der Waals surface area contributed by atoms with Crippen LogP contribution >= 0.6 is 23.2 Å². The third-order valence-electron chi connectivity index (χ3n) is 2.68. The molecule has 2 rings (SSSR count). The van der Waals surface area contributed by atoms with Crippen LogP contribution in [0.4, 0.5) is 22.0 Å². The second-order valence-corrected chi connectivity index (χ2v) is 4.74. The van der Waals surface area contributed by atoms with Gasteiger partial charge < -0.3 is 4.57 Å². The summed E-state index contributed by atoms with van der Waals surface area (Å²) in [5.74, 6) is -5.39. The van der Waals surface area contributed by atoms with Crippen LogP contribution in [-0.2, 0) is 12.4 Å². The molecule has 0 N–H and O–H groups in total. The smallest absolute Gasteiger partial charge is 0.321 e. The first-order chi connectivity index (χ1) is 9.26. The van der Waals surface area contributed by atoms with E-state index < -0.39 is 24.7 Å². The average Bonchev–Trinajstić information content (AvgIpc) is 2.67. The fourth-order valence-electron chi connectivity index (χ4n) is 1.73. The van der Waals surface area contributed by atoms with E-state index in [-0.39, 0.29) is 27.8 Å². The van der Waals surface area contributed by atoms with Gasteiger partial charge in [0.15, 0.2) is 0 Å². The highest BCUT2D eigenvalue weighted by Crippen LogP contribution is 2.30. The molecule has 0 aliphatic rings. The van der Waals surface area contributed by atoms with Crippen LogP contribution in [-0.4, -0.2) is 21.9 Å². The van der Waals surface area contributed by atoms with Crippen molar-refractivity contribution in [3.05, 3.63) is 28.8 Å². The van der Waals surface area contributed by atoms with Crippen molar-refractivity contribution in [1.82, 2.24) is 9.55 Å². The molecule has 1 aromatic carbocycles. The molecule has 1 aromatic heterocycles. The molecule has 20 heavy (non-hydrogen) atoms. The van der Waals surface area contributed by atoms with Gasteiger partial charge in [-0.3, -0.25) is 0 Å². The van der Waals surface area contributed by atoms with Crippen LogP contribution in [0.1, 0.15) is 5.82 Å². The molecule has 0 bridgehead atoms. The number of hydrogen-bond acceptors (Lipinski definition) is 1. The van der Waals surface area contributed by atoms with E-state index >= 15 is 0 Å². The Morgan fingerprint density at radius 3 is 2.50 bits per heavy atom. The first-order valence-electron chi connectivity index (χ1n) is 5.32. The minimum Gasteiger partial charge on any atom is -0.321 e. The predicted octanol–water partition coefficient (Wildman–Crippen LogP) is 4.47. The Kier molecular flexibility index (Phi) is 4.11. The van der Waals surface area contributed by atoms with Gasteiger partial charge >= 0.3 is 12.3 Å². The summed E-state index contributed by atoms with van der Waals surface area (Å²) >= 11 is 11.1. The molecule has 0 saturated heterocycles. The van der Waals surface area contributed by atoms with Gasteiger partial charge in [0, 0.05) is 6.07 Å². The monoisotopic (exact) mass is 332 g/mol. The Labute approximate surface area is 120 Å². The number of alkyl halides is 5. The lowest BCUT2D eigenvalue weighted by atomic mass is 10.3. The topological polar surface area (TPSA) is 17.8 Å². The summed E-state index contributed by atoms with van der Waals surface area (Å²) in [6.07, 6.45) is -3.83. The highest BCUT2D eigenvalue weighted by molar-refractivity contribution is 6.31. The minimum absolute atomic E-state index is 0.0207. The van der Waals surface area contributed by atoms with Crippen LogP contribution in [0.3, 0.4) is 0 Å². The van der Waals surface area contributed by atoms with E-state index in [9.17, 15) is 22.0 Å². The van der Waals surface area contributed by atoms with E-state index in [2.05, 4.69) is 4.98 Å². The summed E-state index contributed by atoms with van der Waals surface area (Å²) < 4.78 is 65.0. The van der Waals surface area contributed by atoms with Gasteiger partial charge in [-0.15, -0.1) is 11.6 Å². The Hall–Kier alpha value is -1.08. The number of benzene rings is 1. The molecule has 0 amide bonds. The van der Waals surface area contributed by atoms with Gasteiger partial charge in [-0.05, 0) is 6.07 Å². The number of aromatic nitrogens is 2. The van der Waals surface area contributed by atoms with Crippen molar-refractivity contribution in [3.8, 4) is 0 Å². The maximum Gasteiger partial charge on any atom is 0.324 e. The minimum atomic E-state index is -4.25. The van der Waals surface area contributed by atoms with Crippen molar-refractivity contribution in [2.24, 2.45) is 0 Å². The molecule has 0 atom stereocenters. The van der Waals surface area contributed by atoms with Gasteiger partial charge in [0.2, 0.25) is 0 Å². The zero-order valence-corrected chi connectivity index (χ0v) is 11.2. The van der Waals surface area contributed by atoms with Crippen LogP contribution < -0.4 is 0 Å². The summed E-state index contributed by atoms with van der Waals surface area (Å²) in [7, 11) is 0. The summed E-state index contributed by atoms with van der Waals surface area (Å²) in [5.41, 5.74) is 0.0417. The lowest BCUT2D eigenvalue weighted by Crippen LogP contribution is -2.32. The summed E-state index contributed by atoms with van der Waals surface area (Å²) in [6.45, 7) is -1.31. The number of imidazole rings is 1. The second-order valence-electron chi connectivity index (χ2n) is 4.06. The zero-order valence-electron chi connectivity index (χ0n) is 9.69. The number of fused-ring (bicyclic) bond motifs is 1. The zero-order chi connectivity index (χ0) is 15.1. The lowest BCUT2D eigenvalue weighted by Gasteiger charge is -2.17. The molecule has 1 heterocycles. The van der Waals surface area contributed by atoms with Crippen molar-refractivity contribution >= 4 is 34.2 Å². The second kappa shape index (κ2) is 5.37. The molecule has 2 aromatic rings. The number of rotatable bonds is 4. The quantitative estimate of drug-likeness (QED) is 0.596. The Bertz CT molecular complexity index is 641. The van der Waals surface area contributed by atoms with Crippen LogP contribution in [0.25, 0.3) is 11.0 Å². The van der Waals surface area contributed by atoms with Crippen molar-refractivity contribution < 1.29 is 22.0 Å². The fourth-order valence-corrected chi connectivity index (χ4v) is 2.09. The van der Waals surface area contributed by atoms with Gasteiger partial charge in [-0.1, -0.05) is 11.6 Å². The lowest BCUT2D eigenvalue weighted by molar-refractivity contribution is -0.137. The van der Waals surface area contributed by atoms with E-state index in [0.717, 1.165) is 16.7 Å². The maximum atomic E-state index is 13.3. The SMILES string of the molecule is Fc1cc2nc(CCl)n(CC(F)(F)C(F)F)c2cc1Cl. The molecule has 110 valence electrons. The van der Waals surface area contributed by atoms with Gasteiger partial charge in [-0.25, -0.2) is 18.2 Å². The molecule has 0 unspecified atom stereocenters. The third kappa shape index (κ3) is 2.69. The molecular weight excluding hydrogens is 326 g/mol. The molecule has 0 fully saturated rings. The molecule has 0 spiro atoms. The summed E-state index contributed by atoms with van der Waals surface area (Å²) in [5, 5.41) is -0.319. The van der Waals surface area contributed by atoms with Crippen molar-refractivity contribution in [2.75, 3.05) is 0 Å². The van der Waals surface area contributed by atoms with Crippen molar-refractivity contribution in [3.63, 3.8) is 0 Å². The van der Waals surface area contributed by atoms with Crippen LogP contribution in [0.15, 0.2) is 12.1 Å². The number of hydrogen-bond donors (Lipinski definition) is 0. The Morgan fingerprint density at radius 1 is 1.30 bits per heavy atom. The number of halogens is 7. The first-order valence-corrected chi connectivity index (χ1v) is 6.23. The molecular formula is C11H7Cl2F5N2. The van der Waals surface area contributed by atoms with Crippen LogP contribution in [0.2, 0.25) is 5.02 Å². The molecule has 0 radical (unpaired) electrons.